The van der Waals surface area contributed by atoms with Crippen molar-refractivity contribution < 1.29 is 28.6 Å². The average molecular weight is 482 g/mol. The largest absolute Gasteiger partial charge is 0.494 e. The Morgan fingerprint density at radius 3 is 2.44 bits per heavy atom. The van der Waals surface area contributed by atoms with Gasteiger partial charge < -0.3 is 19.5 Å². The smallest absolute Gasteiger partial charge is 0.336 e. The van der Waals surface area contributed by atoms with Crippen LogP contribution >= 0.6 is 11.3 Å². The van der Waals surface area contributed by atoms with Gasteiger partial charge in [-0.25, -0.2) is 4.79 Å². The summed E-state index contributed by atoms with van der Waals surface area (Å²) < 4.78 is 15.7. The zero-order chi connectivity index (χ0) is 24.4. The van der Waals surface area contributed by atoms with Crippen LogP contribution in [0.3, 0.4) is 0 Å². The number of thiophene rings is 1. The fraction of sp³-hybridized carbons (Fsp3) is 0.346. The molecule has 8 heteroatoms. The first kappa shape index (κ1) is 23.8. The van der Waals surface area contributed by atoms with Gasteiger partial charge in [-0.15, -0.1) is 11.3 Å². The Bertz CT molecular complexity index is 1160. The summed E-state index contributed by atoms with van der Waals surface area (Å²) in [5, 5.41) is 5.21. The lowest BCUT2D eigenvalue weighted by atomic mass is 9.68. The van der Waals surface area contributed by atoms with Gasteiger partial charge in [-0.05, 0) is 49.4 Å². The van der Waals surface area contributed by atoms with Crippen molar-refractivity contribution in [2.75, 3.05) is 20.8 Å². The van der Waals surface area contributed by atoms with Gasteiger partial charge in [0.1, 0.15) is 11.7 Å². The van der Waals surface area contributed by atoms with E-state index in [-0.39, 0.29) is 11.7 Å². The van der Waals surface area contributed by atoms with Crippen molar-refractivity contribution in [3.63, 3.8) is 0 Å². The first-order valence-corrected chi connectivity index (χ1v) is 12.0. The number of allylic oxidation sites excluding steroid dienone is 3. The van der Waals surface area contributed by atoms with Crippen molar-refractivity contribution in [2.45, 2.75) is 32.1 Å². The summed E-state index contributed by atoms with van der Waals surface area (Å²) in [7, 11) is 2.60. The number of nitrogens with one attached hydrogen (secondary N) is 1. The summed E-state index contributed by atoms with van der Waals surface area (Å²) in [6.07, 6.45) is 0.445. The van der Waals surface area contributed by atoms with Gasteiger partial charge in [-0.3, -0.25) is 9.59 Å². The van der Waals surface area contributed by atoms with Crippen molar-refractivity contribution in [2.24, 2.45) is 5.92 Å². The van der Waals surface area contributed by atoms with E-state index < -0.39 is 23.8 Å². The topological polar surface area (TPSA) is 90.9 Å². The lowest BCUT2D eigenvalue weighted by Crippen LogP contribution is -2.43. The highest BCUT2D eigenvalue weighted by Gasteiger charge is 2.49. The number of hydrogen-bond acceptors (Lipinski definition) is 8. The van der Waals surface area contributed by atoms with E-state index in [0.717, 1.165) is 10.4 Å². The molecule has 178 valence electrons. The second kappa shape index (κ2) is 9.85. The molecule has 1 aliphatic heterocycles. The summed E-state index contributed by atoms with van der Waals surface area (Å²) in [6.45, 7) is 4.23. The summed E-state index contributed by atoms with van der Waals surface area (Å²) in [5.74, 6) is -2.78. The van der Waals surface area contributed by atoms with Crippen LogP contribution in [0.25, 0.3) is 0 Å². The maximum atomic E-state index is 14.0. The quantitative estimate of drug-likeness (QED) is 0.491. The number of benzene rings is 1. The van der Waals surface area contributed by atoms with Crippen molar-refractivity contribution in [1.82, 2.24) is 5.32 Å². The Labute approximate surface area is 202 Å². The number of esters is 2. The molecule has 1 aliphatic carbocycles. The number of hydrogen-bond donors (Lipinski definition) is 1. The van der Waals surface area contributed by atoms with Crippen LogP contribution in [0.15, 0.2) is 64.3 Å². The van der Waals surface area contributed by atoms with Crippen LogP contribution in [0.4, 0.5) is 0 Å². The summed E-state index contributed by atoms with van der Waals surface area (Å²) in [6, 6.07) is 11.1. The van der Waals surface area contributed by atoms with Crippen LogP contribution in [-0.2, 0) is 23.9 Å². The lowest BCUT2D eigenvalue weighted by molar-refractivity contribution is -0.149. The van der Waals surface area contributed by atoms with E-state index >= 15 is 0 Å². The molecule has 2 aromatic rings. The van der Waals surface area contributed by atoms with Crippen LogP contribution in [0.5, 0.6) is 5.75 Å². The first-order valence-electron chi connectivity index (χ1n) is 11.1. The number of ether oxygens (including phenoxy) is 3. The zero-order valence-corrected chi connectivity index (χ0v) is 20.4. The molecule has 0 spiro atoms. The molecule has 0 saturated heterocycles. The van der Waals surface area contributed by atoms with Crippen molar-refractivity contribution in [3.8, 4) is 5.75 Å². The molecule has 0 unspecified atom stereocenters. The minimum atomic E-state index is -0.994. The SMILES string of the molecule is CCOc1ccc([C@@H]2C(C(=O)OC)=C(C)NC3=C2C(=O)[C@H](C(=O)OC)[C@@H](c2cccs2)C3)cc1. The molecule has 0 amide bonds. The Kier molecular flexibility index (Phi) is 6.88. The number of methoxy groups -OCH3 is 2. The third-order valence-corrected chi connectivity index (χ3v) is 7.32. The van der Waals surface area contributed by atoms with E-state index in [1.165, 1.54) is 25.6 Å². The van der Waals surface area contributed by atoms with Gasteiger partial charge in [0, 0.05) is 33.7 Å². The summed E-state index contributed by atoms with van der Waals surface area (Å²) in [4.78, 5) is 40.6. The van der Waals surface area contributed by atoms with E-state index in [1.807, 2.05) is 48.7 Å². The summed E-state index contributed by atoms with van der Waals surface area (Å²) >= 11 is 1.51. The lowest BCUT2D eigenvalue weighted by Gasteiger charge is -2.39. The molecule has 0 bridgehead atoms. The monoisotopic (exact) mass is 481 g/mol. The highest BCUT2D eigenvalue weighted by Crippen LogP contribution is 2.48. The number of carbonyl (C=O) groups is 3. The molecule has 1 aromatic carbocycles. The molecule has 2 heterocycles. The van der Waals surface area contributed by atoms with Gasteiger partial charge in [0.2, 0.25) is 0 Å². The van der Waals surface area contributed by atoms with Gasteiger partial charge in [-0.1, -0.05) is 18.2 Å². The van der Waals surface area contributed by atoms with E-state index in [1.54, 1.807) is 6.92 Å². The molecule has 2 aliphatic rings. The van der Waals surface area contributed by atoms with Crippen molar-refractivity contribution >= 4 is 29.1 Å². The van der Waals surface area contributed by atoms with E-state index in [4.69, 9.17) is 14.2 Å². The fourth-order valence-electron chi connectivity index (χ4n) is 4.84. The second-order valence-corrected chi connectivity index (χ2v) is 9.15. The minimum absolute atomic E-state index is 0.341. The van der Waals surface area contributed by atoms with E-state index in [0.29, 0.717) is 41.3 Å². The Morgan fingerprint density at radius 1 is 1.12 bits per heavy atom. The molecule has 0 fully saturated rings. The number of ketones is 1. The molecule has 34 heavy (non-hydrogen) atoms. The molecule has 0 radical (unpaired) electrons. The number of dihydropyridines is 1. The minimum Gasteiger partial charge on any atom is -0.494 e. The zero-order valence-electron chi connectivity index (χ0n) is 19.5. The highest BCUT2D eigenvalue weighted by molar-refractivity contribution is 7.10. The number of carbonyl (C=O) groups excluding carboxylic acids is 3. The van der Waals surface area contributed by atoms with Gasteiger partial charge in [0.25, 0.3) is 0 Å². The summed E-state index contributed by atoms with van der Waals surface area (Å²) in [5.41, 5.74) is 2.82. The predicted molar refractivity (Wildman–Crippen MR) is 127 cm³/mol. The molecule has 1 N–H and O–H groups in total. The first-order chi connectivity index (χ1) is 16.4. The van der Waals surface area contributed by atoms with Gasteiger partial charge >= 0.3 is 11.9 Å². The van der Waals surface area contributed by atoms with Crippen LogP contribution in [0.1, 0.15) is 42.5 Å². The van der Waals surface area contributed by atoms with Crippen molar-refractivity contribution in [3.05, 3.63) is 74.8 Å². The Balaban J connectivity index is 1.87. The molecule has 3 atom stereocenters. The Hall–Kier alpha value is -3.39. The van der Waals surface area contributed by atoms with Gasteiger partial charge in [0.15, 0.2) is 5.78 Å². The molecule has 7 nitrogen and oxygen atoms in total. The third kappa shape index (κ3) is 4.14. The molecule has 4 rings (SSSR count). The van der Waals surface area contributed by atoms with Crippen LogP contribution in [0, 0.1) is 5.92 Å². The van der Waals surface area contributed by atoms with Crippen LogP contribution in [-0.4, -0.2) is 38.5 Å². The number of Topliss-reactive ketones (excluding diaryl/α,β-unsaturated/α-hetero) is 1. The molecular weight excluding hydrogens is 454 g/mol. The number of rotatable bonds is 6. The maximum absolute atomic E-state index is 14.0. The van der Waals surface area contributed by atoms with E-state index in [2.05, 4.69) is 5.32 Å². The second-order valence-electron chi connectivity index (χ2n) is 8.17. The molecule has 0 saturated carbocycles. The van der Waals surface area contributed by atoms with Gasteiger partial charge in [0.05, 0.1) is 26.4 Å². The molecule has 1 aromatic heterocycles. The van der Waals surface area contributed by atoms with Gasteiger partial charge in [-0.2, -0.15) is 0 Å². The van der Waals surface area contributed by atoms with E-state index in [9.17, 15) is 14.4 Å². The highest BCUT2D eigenvalue weighted by atomic mass is 32.1. The van der Waals surface area contributed by atoms with Crippen LogP contribution in [0.2, 0.25) is 0 Å². The molecular formula is C26H27NO6S. The maximum Gasteiger partial charge on any atom is 0.336 e. The predicted octanol–water partition coefficient (Wildman–Crippen LogP) is 4.08. The van der Waals surface area contributed by atoms with Crippen LogP contribution < -0.4 is 10.1 Å². The fourth-order valence-corrected chi connectivity index (χ4v) is 5.70. The van der Waals surface area contributed by atoms with Crippen molar-refractivity contribution in [1.29, 1.82) is 0 Å². The normalized spacial score (nSPS) is 22.1. The Morgan fingerprint density at radius 2 is 1.85 bits per heavy atom. The third-order valence-electron chi connectivity index (χ3n) is 6.31. The standard InChI is InChI=1S/C26H27NO6S/c1-5-33-16-10-8-15(9-11-16)21-20(25(29)31-3)14(2)27-18-13-17(19-7-6-12-34-19)22(26(30)32-4)24(28)23(18)21/h6-12,17,21-22,27H,5,13H2,1-4H3/t17-,21-,22-/m1/s1. The average Bonchev–Trinajstić information content (AvgIpc) is 3.38.